The molecule has 2 unspecified atom stereocenters. The van der Waals surface area contributed by atoms with Crippen molar-refractivity contribution in [2.45, 2.75) is 71.2 Å². The molecule has 0 radical (unpaired) electrons. The zero-order chi connectivity index (χ0) is 31.4. The molecule has 1 saturated carbocycles. The first-order valence-corrected chi connectivity index (χ1v) is 14.6. The average Bonchev–Trinajstić information content (AvgIpc) is 3.58. The average molecular weight is 615 g/mol. The zero-order valence-electron chi connectivity index (χ0n) is 24.4. The third kappa shape index (κ3) is 6.42. The number of alkyl halides is 3. The quantitative estimate of drug-likeness (QED) is 0.210. The van der Waals surface area contributed by atoms with Gasteiger partial charge < -0.3 is 15.5 Å². The number of nitrogens with one attached hydrogen (secondary N) is 1. The van der Waals surface area contributed by atoms with Crippen LogP contribution >= 0.6 is 11.3 Å². The molecule has 1 aliphatic rings. The second-order valence-electron chi connectivity index (χ2n) is 12.7. The van der Waals surface area contributed by atoms with Crippen molar-refractivity contribution in [1.29, 1.82) is 0 Å². The number of carbonyl (C=O) groups is 1. The number of carboxylic acid groups (broad SMARTS) is 1. The Balaban J connectivity index is 1.53. The van der Waals surface area contributed by atoms with Gasteiger partial charge in [0, 0.05) is 29.8 Å². The fourth-order valence-electron chi connectivity index (χ4n) is 5.56. The third-order valence-electron chi connectivity index (χ3n) is 7.76. The lowest BCUT2D eigenvalue weighted by molar-refractivity contribution is -0.154. The molecule has 5 rings (SSSR count). The number of aromatic nitrogens is 5. The maximum absolute atomic E-state index is 13.3. The van der Waals surface area contributed by atoms with E-state index in [1.54, 1.807) is 24.5 Å². The molecular weight excluding hydrogens is 581 g/mol. The van der Waals surface area contributed by atoms with Gasteiger partial charge in [0.05, 0.1) is 22.5 Å². The second kappa shape index (κ2) is 10.7. The SMILES string of the molecule is CC1(C)CC(O)(c2ncc(-c3cc(Nc4nccc(C(F)(F)F)n4)cc(-c4cnn(C(C)(C)C)c4)c3)s2)CCC1C(=O)O. The number of rotatable bonds is 6. The van der Waals surface area contributed by atoms with Crippen LogP contribution in [0.1, 0.15) is 64.6 Å². The smallest absolute Gasteiger partial charge is 0.433 e. The van der Waals surface area contributed by atoms with Crippen LogP contribution in [0.15, 0.2) is 49.1 Å². The molecule has 3 aromatic heterocycles. The predicted molar refractivity (Wildman–Crippen MR) is 157 cm³/mol. The summed E-state index contributed by atoms with van der Waals surface area (Å²) in [5.41, 5.74) is -0.544. The Morgan fingerprint density at radius 1 is 1.09 bits per heavy atom. The molecule has 43 heavy (non-hydrogen) atoms. The van der Waals surface area contributed by atoms with Gasteiger partial charge in [-0.25, -0.2) is 15.0 Å². The van der Waals surface area contributed by atoms with E-state index < -0.39 is 34.8 Å². The first-order valence-electron chi connectivity index (χ1n) is 13.7. The lowest BCUT2D eigenvalue weighted by Crippen LogP contribution is -2.44. The van der Waals surface area contributed by atoms with E-state index in [1.165, 1.54) is 11.3 Å². The van der Waals surface area contributed by atoms with E-state index in [-0.39, 0.29) is 24.3 Å². The normalized spacial score (nSPS) is 20.6. The Bertz CT molecular complexity index is 1660. The van der Waals surface area contributed by atoms with Crippen LogP contribution in [0.2, 0.25) is 0 Å². The number of hydrogen-bond donors (Lipinski definition) is 3. The van der Waals surface area contributed by atoms with Gasteiger partial charge >= 0.3 is 12.1 Å². The largest absolute Gasteiger partial charge is 0.481 e. The van der Waals surface area contributed by atoms with Gasteiger partial charge in [0.2, 0.25) is 5.95 Å². The molecule has 0 aliphatic heterocycles. The summed E-state index contributed by atoms with van der Waals surface area (Å²) in [5.74, 6) is -1.65. The fraction of sp³-hybridized carbons (Fsp3) is 0.433. The summed E-state index contributed by atoms with van der Waals surface area (Å²) in [7, 11) is 0. The molecule has 1 aliphatic carbocycles. The number of benzene rings is 1. The highest BCUT2D eigenvalue weighted by Gasteiger charge is 2.49. The summed E-state index contributed by atoms with van der Waals surface area (Å²) in [5, 5.41) is 29.1. The number of carboxylic acids is 1. The Morgan fingerprint density at radius 3 is 2.44 bits per heavy atom. The van der Waals surface area contributed by atoms with E-state index in [9.17, 15) is 28.2 Å². The lowest BCUT2D eigenvalue weighted by Gasteiger charge is -2.44. The summed E-state index contributed by atoms with van der Waals surface area (Å²) in [4.78, 5) is 24.7. The topological polar surface area (TPSA) is 126 Å². The van der Waals surface area contributed by atoms with Crippen molar-refractivity contribution in [3.63, 3.8) is 0 Å². The number of nitrogens with zero attached hydrogens (tertiary/aromatic N) is 5. The van der Waals surface area contributed by atoms with Gasteiger partial charge in [0.1, 0.15) is 16.3 Å². The Labute approximate surface area is 250 Å². The first kappa shape index (κ1) is 30.6. The van der Waals surface area contributed by atoms with E-state index in [1.807, 2.05) is 51.6 Å². The maximum atomic E-state index is 13.3. The van der Waals surface area contributed by atoms with Gasteiger partial charge in [-0.1, -0.05) is 13.8 Å². The van der Waals surface area contributed by atoms with Gasteiger partial charge in [0.15, 0.2) is 0 Å². The highest BCUT2D eigenvalue weighted by atomic mass is 32.1. The van der Waals surface area contributed by atoms with Crippen LogP contribution in [0.5, 0.6) is 0 Å². The number of anilines is 2. The van der Waals surface area contributed by atoms with Crippen molar-refractivity contribution in [2.24, 2.45) is 11.3 Å². The highest BCUT2D eigenvalue weighted by molar-refractivity contribution is 7.15. The van der Waals surface area contributed by atoms with Crippen molar-refractivity contribution in [3.8, 4) is 21.6 Å². The molecule has 1 aromatic carbocycles. The van der Waals surface area contributed by atoms with Crippen molar-refractivity contribution in [2.75, 3.05) is 5.32 Å². The van der Waals surface area contributed by atoms with Gasteiger partial charge in [-0.2, -0.15) is 18.3 Å². The van der Waals surface area contributed by atoms with Gasteiger partial charge in [-0.05, 0) is 80.8 Å². The highest BCUT2D eigenvalue weighted by Crippen LogP contribution is 2.51. The van der Waals surface area contributed by atoms with Crippen molar-refractivity contribution in [1.82, 2.24) is 24.7 Å². The summed E-state index contributed by atoms with van der Waals surface area (Å²) < 4.78 is 41.7. The predicted octanol–water partition coefficient (Wildman–Crippen LogP) is 7.08. The molecule has 3 N–H and O–H groups in total. The van der Waals surface area contributed by atoms with Gasteiger partial charge in [-0.3, -0.25) is 9.48 Å². The lowest BCUT2D eigenvalue weighted by atomic mass is 9.63. The summed E-state index contributed by atoms with van der Waals surface area (Å²) in [6.45, 7) is 9.76. The van der Waals surface area contributed by atoms with E-state index in [2.05, 4.69) is 25.4 Å². The molecule has 0 spiro atoms. The van der Waals surface area contributed by atoms with Crippen LogP contribution in [0.25, 0.3) is 21.6 Å². The molecule has 2 atom stereocenters. The van der Waals surface area contributed by atoms with E-state index in [0.29, 0.717) is 22.7 Å². The second-order valence-corrected chi connectivity index (χ2v) is 13.7. The Morgan fingerprint density at radius 2 is 1.81 bits per heavy atom. The van der Waals surface area contributed by atoms with E-state index >= 15 is 0 Å². The Hall–Kier alpha value is -3.84. The molecule has 9 nitrogen and oxygen atoms in total. The number of aliphatic hydroxyl groups is 1. The number of thiazole rings is 1. The van der Waals surface area contributed by atoms with Crippen LogP contribution in [-0.4, -0.2) is 40.9 Å². The third-order valence-corrected chi connectivity index (χ3v) is 9.00. The Kier molecular flexibility index (Phi) is 7.62. The van der Waals surface area contributed by atoms with Crippen LogP contribution in [-0.2, 0) is 22.1 Å². The number of halogens is 3. The molecule has 0 saturated heterocycles. The first-order chi connectivity index (χ1) is 19.9. The van der Waals surface area contributed by atoms with Gasteiger partial charge in [-0.15, -0.1) is 11.3 Å². The molecule has 3 heterocycles. The molecule has 0 bridgehead atoms. The maximum Gasteiger partial charge on any atom is 0.433 e. The minimum Gasteiger partial charge on any atom is -0.481 e. The van der Waals surface area contributed by atoms with Crippen molar-refractivity contribution < 1.29 is 28.2 Å². The monoisotopic (exact) mass is 614 g/mol. The minimum atomic E-state index is -4.62. The van der Waals surface area contributed by atoms with Crippen LogP contribution in [0.4, 0.5) is 24.8 Å². The van der Waals surface area contributed by atoms with Crippen LogP contribution in [0, 0.1) is 11.3 Å². The molecule has 228 valence electrons. The van der Waals surface area contributed by atoms with Crippen LogP contribution in [0.3, 0.4) is 0 Å². The summed E-state index contributed by atoms with van der Waals surface area (Å²) in [6.07, 6.45) is 2.54. The summed E-state index contributed by atoms with van der Waals surface area (Å²) in [6, 6.07) is 6.27. The van der Waals surface area contributed by atoms with Gasteiger partial charge in [0.25, 0.3) is 0 Å². The standard InChI is InChI=1S/C30H33F3N6O3S/c1-27(2,3)39-15-19(13-36-39)17-10-18(12-20(11-17)37-26-34-9-7-23(38-26)30(31,32)33)22-14-35-25(43-22)29(42)8-6-21(24(40)41)28(4,5)16-29/h7,9-15,21,42H,6,8,16H2,1-5H3,(H,40,41)(H,34,37,38). The van der Waals surface area contributed by atoms with E-state index in [0.717, 1.165) is 28.3 Å². The summed E-state index contributed by atoms with van der Waals surface area (Å²) >= 11 is 1.30. The minimum absolute atomic E-state index is 0.208. The molecular formula is C30H33F3N6O3S. The van der Waals surface area contributed by atoms with E-state index in [4.69, 9.17) is 0 Å². The zero-order valence-corrected chi connectivity index (χ0v) is 25.2. The number of hydrogen-bond acceptors (Lipinski definition) is 8. The fourth-order valence-corrected chi connectivity index (χ4v) is 6.57. The van der Waals surface area contributed by atoms with Crippen molar-refractivity contribution in [3.05, 3.63) is 59.8 Å². The van der Waals surface area contributed by atoms with Crippen molar-refractivity contribution >= 4 is 28.9 Å². The van der Waals surface area contributed by atoms with Crippen LogP contribution < -0.4 is 5.32 Å². The number of aliphatic carboxylic acids is 1. The molecule has 13 heteroatoms. The molecule has 4 aromatic rings. The molecule has 1 fully saturated rings. The molecule has 0 amide bonds.